The maximum atomic E-state index is 5.83. The molecule has 0 aliphatic rings. The van der Waals surface area contributed by atoms with E-state index in [1.54, 1.807) is 23.0 Å². The zero-order chi connectivity index (χ0) is 13.7. The quantitative estimate of drug-likeness (QED) is 0.489. The van der Waals surface area contributed by atoms with Gasteiger partial charge in [-0.1, -0.05) is 11.6 Å². The van der Waals surface area contributed by atoms with Crippen LogP contribution in [-0.4, -0.2) is 31.5 Å². The summed E-state index contributed by atoms with van der Waals surface area (Å²) in [6, 6.07) is 7.19. The molecule has 3 N–H and O–H groups in total. The molecule has 0 bridgehead atoms. The highest BCUT2D eigenvalue weighted by Crippen LogP contribution is 2.13. The predicted molar refractivity (Wildman–Crippen MR) is 76.3 cm³/mol. The summed E-state index contributed by atoms with van der Waals surface area (Å²) in [6.07, 6.45) is 2.02. The number of rotatable bonds is 4. The Bertz CT molecular complexity index is 592. The Morgan fingerprint density at radius 3 is 2.89 bits per heavy atom. The topological polar surface area (TPSA) is 94.0 Å². The lowest BCUT2D eigenvalue weighted by Crippen LogP contribution is -2.24. The van der Waals surface area contributed by atoms with Gasteiger partial charge in [-0.05, 0) is 46.9 Å². The van der Waals surface area contributed by atoms with E-state index in [9.17, 15) is 0 Å². The Labute approximate surface area is 119 Å². The molecule has 1 heterocycles. The van der Waals surface area contributed by atoms with Gasteiger partial charge >= 0.3 is 0 Å². The first-order chi connectivity index (χ1) is 9.16. The monoisotopic (exact) mass is 295 g/mol. The van der Waals surface area contributed by atoms with Crippen molar-refractivity contribution < 1.29 is 0 Å². The summed E-state index contributed by atoms with van der Waals surface area (Å²) >= 11 is 10.4. The maximum Gasteiger partial charge on any atom is 0.184 e. The van der Waals surface area contributed by atoms with Gasteiger partial charge in [-0.15, -0.1) is 5.10 Å². The minimum absolute atomic E-state index is 0.105. The van der Waals surface area contributed by atoms with Crippen molar-refractivity contribution >= 4 is 35.1 Å². The van der Waals surface area contributed by atoms with Gasteiger partial charge in [0.05, 0.1) is 5.69 Å². The SMILES string of the molecule is NC(=S)N/N=C/Cc1nnnn1-c1ccc(Cl)cc1. The molecule has 1 aromatic heterocycles. The average Bonchev–Trinajstić information content (AvgIpc) is 2.84. The Morgan fingerprint density at radius 2 is 2.21 bits per heavy atom. The first-order valence-corrected chi connectivity index (χ1v) is 6.05. The van der Waals surface area contributed by atoms with E-state index in [2.05, 4.69) is 38.3 Å². The standard InChI is InChI=1S/C10H10ClN7S/c11-7-1-3-8(4-2-7)18-9(14-16-17-18)5-6-13-15-10(12)19/h1-4,6H,5H2,(H3,12,15,19)/b13-6+. The van der Waals surface area contributed by atoms with E-state index in [0.29, 0.717) is 17.3 Å². The van der Waals surface area contributed by atoms with Crippen molar-refractivity contribution in [2.24, 2.45) is 10.8 Å². The van der Waals surface area contributed by atoms with Crippen molar-refractivity contribution in [1.29, 1.82) is 0 Å². The fourth-order valence-corrected chi connectivity index (χ4v) is 1.53. The molecule has 0 aliphatic carbocycles. The summed E-state index contributed by atoms with van der Waals surface area (Å²) in [5.41, 5.74) is 8.51. The molecule has 98 valence electrons. The van der Waals surface area contributed by atoms with Gasteiger partial charge in [0, 0.05) is 17.7 Å². The Kier molecular flexibility index (Phi) is 4.37. The molecule has 0 radical (unpaired) electrons. The smallest absolute Gasteiger partial charge is 0.184 e. The van der Waals surface area contributed by atoms with Crippen LogP contribution in [0.3, 0.4) is 0 Å². The third kappa shape index (κ3) is 3.70. The summed E-state index contributed by atoms with van der Waals surface area (Å²) < 4.78 is 1.60. The molecule has 9 heteroatoms. The van der Waals surface area contributed by atoms with Gasteiger partial charge in [0.15, 0.2) is 10.9 Å². The van der Waals surface area contributed by atoms with Gasteiger partial charge in [0.1, 0.15) is 0 Å². The number of nitrogens with two attached hydrogens (primary N) is 1. The van der Waals surface area contributed by atoms with E-state index in [1.807, 2.05) is 12.1 Å². The highest BCUT2D eigenvalue weighted by molar-refractivity contribution is 7.80. The van der Waals surface area contributed by atoms with Crippen molar-refractivity contribution in [3.05, 3.63) is 35.1 Å². The molecule has 0 atom stereocenters. The van der Waals surface area contributed by atoms with Crippen LogP contribution in [0, 0.1) is 0 Å². The summed E-state index contributed by atoms with van der Waals surface area (Å²) in [5, 5.41) is 16.0. The first kappa shape index (κ1) is 13.4. The molecule has 7 nitrogen and oxygen atoms in total. The van der Waals surface area contributed by atoms with E-state index < -0.39 is 0 Å². The largest absolute Gasteiger partial charge is 0.375 e. The highest BCUT2D eigenvalue weighted by Gasteiger charge is 2.06. The zero-order valence-corrected chi connectivity index (χ0v) is 11.3. The van der Waals surface area contributed by atoms with E-state index >= 15 is 0 Å². The lowest BCUT2D eigenvalue weighted by molar-refractivity contribution is 0.775. The van der Waals surface area contributed by atoms with Gasteiger partial charge in [0.25, 0.3) is 0 Å². The average molecular weight is 296 g/mol. The summed E-state index contributed by atoms with van der Waals surface area (Å²) in [7, 11) is 0. The molecular weight excluding hydrogens is 286 g/mol. The third-order valence-electron chi connectivity index (χ3n) is 2.15. The molecule has 0 fully saturated rings. The fraction of sp³-hybridized carbons (Fsp3) is 0.100. The molecular formula is C10H10ClN7S. The number of hydrogen-bond donors (Lipinski definition) is 2. The number of aromatic nitrogens is 4. The van der Waals surface area contributed by atoms with Crippen LogP contribution in [0.4, 0.5) is 0 Å². The molecule has 2 aromatic rings. The van der Waals surface area contributed by atoms with Crippen LogP contribution in [-0.2, 0) is 6.42 Å². The van der Waals surface area contributed by atoms with Crippen molar-refractivity contribution in [3.8, 4) is 5.69 Å². The number of hydrazone groups is 1. The number of thiocarbonyl (C=S) groups is 1. The molecule has 0 saturated heterocycles. The van der Waals surface area contributed by atoms with Crippen molar-refractivity contribution in [2.45, 2.75) is 6.42 Å². The summed E-state index contributed by atoms with van der Waals surface area (Å²) in [4.78, 5) is 0. The maximum absolute atomic E-state index is 5.83. The van der Waals surface area contributed by atoms with Gasteiger partial charge in [-0.3, -0.25) is 5.43 Å². The number of benzene rings is 1. The number of halogens is 1. The number of nitrogens with one attached hydrogen (secondary N) is 1. The van der Waals surface area contributed by atoms with Crippen molar-refractivity contribution in [1.82, 2.24) is 25.6 Å². The number of tetrazole rings is 1. The van der Waals surface area contributed by atoms with Crippen LogP contribution in [0.25, 0.3) is 5.69 Å². The van der Waals surface area contributed by atoms with Crippen molar-refractivity contribution in [2.75, 3.05) is 0 Å². The number of nitrogens with zero attached hydrogens (tertiary/aromatic N) is 5. The van der Waals surface area contributed by atoms with Crippen LogP contribution in [0.1, 0.15) is 5.82 Å². The second-order valence-corrected chi connectivity index (χ2v) is 4.35. The van der Waals surface area contributed by atoms with Crippen LogP contribution in [0.2, 0.25) is 5.02 Å². The van der Waals surface area contributed by atoms with Gasteiger partial charge < -0.3 is 5.73 Å². The van der Waals surface area contributed by atoms with Gasteiger partial charge in [-0.25, -0.2) is 0 Å². The Balaban J connectivity index is 2.11. The van der Waals surface area contributed by atoms with E-state index in [1.165, 1.54) is 0 Å². The lowest BCUT2D eigenvalue weighted by Gasteiger charge is -2.02. The molecule has 0 aliphatic heterocycles. The van der Waals surface area contributed by atoms with Crippen LogP contribution in [0.5, 0.6) is 0 Å². The van der Waals surface area contributed by atoms with Gasteiger partial charge in [0.2, 0.25) is 0 Å². The first-order valence-electron chi connectivity index (χ1n) is 5.27. The minimum Gasteiger partial charge on any atom is -0.375 e. The molecule has 0 unspecified atom stereocenters. The molecule has 0 spiro atoms. The second kappa shape index (κ2) is 6.21. The van der Waals surface area contributed by atoms with E-state index in [0.717, 1.165) is 5.69 Å². The molecule has 0 saturated carbocycles. The summed E-state index contributed by atoms with van der Waals surface area (Å²) in [6.45, 7) is 0. The Hall–Kier alpha value is -2.06. The minimum atomic E-state index is 0.105. The highest BCUT2D eigenvalue weighted by atomic mass is 35.5. The lowest BCUT2D eigenvalue weighted by atomic mass is 10.3. The summed E-state index contributed by atoms with van der Waals surface area (Å²) in [5.74, 6) is 0.635. The second-order valence-electron chi connectivity index (χ2n) is 3.48. The van der Waals surface area contributed by atoms with Gasteiger partial charge in [-0.2, -0.15) is 9.78 Å². The van der Waals surface area contributed by atoms with Crippen LogP contribution < -0.4 is 11.2 Å². The molecule has 0 amide bonds. The molecule has 1 aromatic carbocycles. The Morgan fingerprint density at radius 1 is 1.47 bits per heavy atom. The fourth-order valence-electron chi connectivity index (χ4n) is 1.35. The molecule has 19 heavy (non-hydrogen) atoms. The van der Waals surface area contributed by atoms with E-state index in [4.69, 9.17) is 17.3 Å². The third-order valence-corrected chi connectivity index (χ3v) is 2.49. The van der Waals surface area contributed by atoms with E-state index in [-0.39, 0.29) is 5.11 Å². The predicted octanol–water partition coefficient (Wildman–Crippen LogP) is 0.677. The van der Waals surface area contributed by atoms with Crippen molar-refractivity contribution in [3.63, 3.8) is 0 Å². The molecule has 2 rings (SSSR count). The normalized spacial score (nSPS) is 10.8. The zero-order valence-electron chi connectivity index (χ0n) is 9.69. The van der Waals surface area contributed by atoms with Crippen LogP contribution in [0.15, 0.2) is 29.4 Å². The number of hydrogen-bond acceptors (Lipinski definition) is 5. The van der Waals surface area contributed by atoms with Crippen LogP contribution >= 0.6 is 23.8 Å².